The van der Waals surface area contributed by atoms with Crippen LogP contribution in [0, 0.1) is 20.8 Å². The highest BCUT2D eigenvalue weighted by Crippen LogP contribution is 2.25. The predicted molar refractivity (Wildman–Crippen MR) is 88.7 cm³/mol. The topological polar surface area (TPSA) is 26.3 Å². The summed E-state index contributed by atoms with van der Waals surface area (Å²) >= 11 is 1.58. The molecule has 21 heavy (non-hydrogen) atoms. The number of benzene rings is 2. The molecule has 0 unspecified atom stereocenters. The van der Waals surface area contributed by atoms with Gasteiger partial charge in [-0.25, -0.2) is 0 Å². The first-order valence-corrected chi connectivity index (χ1v) is 7.87. The van der Waals surface area contributed by atoms with Crippen LogP contribution in [0.25, 0.3) is 0 Å². The summed E-state index contributed by atoms with van der Waals surface area (Å²) in [5, 5.41) is 0. The molecule has 0 saturated carbocycles. The maximum atomic E-state index is 12.4. The van der Waals surface area contributed by atoms with Crippen LogP contribution in [0.2, 0.25) is 0 Å². The Hall–Kier alpha value is -1.74. The van der Waals surface area contributed by atoms with E-state index < -0.39 is 0 Å². The van der Waals surface area contributed by atoms with Gasteiger partial charge in [0.15, 0.2) is 5.78 Å². The third kappa shape index (κ3) is 3.88. The molecule has 2 nitrogen and oxygen atoms in total. The van der Waals surface area contributed by atoms with Gasteiger partial charge in [0.05, 0.1) is 12.9 Å². The third-order valence-corrected chi connectivity index (χ3v) is 4.40. The number of ether oxygens (including phenoxy) is 1. The normalized spacial score (nSPS) is 10.5. The molecule has 0 N–H and O–H groups in total. The van der Waals surface area contributed by atoms with Crippen molar-refractivity contribution in [1.29, 1.82) is 0 Å². The second-order valence-electron chi connectivity index (χ2n) is 5.17. The second kappa shape index (κ2) is 6.81. The first kappa shape index (κ1) is 15.6. The fourth-order valence-electron chi connectivity index (χ4n) is 2.24. The molecule has 0 aliphatic rings. The van der Waals surface area contributed by atoms with Crippen molar-refractivity contribution in [2.75, 3.05) is 12.9 Å². The number of Topliss-reactive ketones (excluding diaryl/α,β-unsaturated/α-hetero) is 1. The van der Waals surface area contributed by atoms with E-state index in [1.807, 2.05) is 38.1 Å². The molecule has 0 fully saturated rings. The molecule has 0 atom stereocenters. The summed E-state index contributed by atoms with van der Waals surface area (Å²) in [6.07, 6.45) is 0. The van der Waals surface area contributed by atoms with Crippen molar-refractivity contribution in [3.63, 3.8) is 0 Å². The zero-order chi connectivity index (χ0) is 15.4. The van der Waals surface area contributed by atoms with Crippen molar-refractivity contribution in [1.82, 2.24) is 0 Å². The molecule has 0 aromatic heterocycles. The number of hydrogen-bond donors (Lipinski definition) is 0. The lowest BCUT2D eigenvalue weighted by molar-refractivity contribution is 0.102. The molecule has 0 aliphatic heterocycles. The Balaban J connectivity index is 2.12. The maximum Gasteiger partial charge on any atom is 0.173 e. The number of thioether (sulfide) groups is 1. The van der Waals surface area contributed by atoms with Crippen LogP contribution in [-0.2, 0) is 0 Å². The molecule has 0 bridgehead atoms. The molecule has 110 valence electrons. The smallest absolute Gasteiger partial charge is 0.173 e. The van der Waals surface area contributed by atoms with Gasteiger partial charge in [-0.15, -0.1) is 11.8 Å². The molecule has 2 aromatic carbocycles. The van der Waals surface area contributed by atoms with Crippen molar-refractivity contribution in [3.05, 3.63) is 58.7 Å². The Morgan fingerprint density at radius 3 is 2.52 bits per heavy atom. The van der Waals surface area contributed by atoms with E-state index in [9.17, 15) is 4.79 Å². The lowest BCUT2D eigenvalue weighted by Crippen LogP contribution is -2.06. The van der Waals surface area contributed by atoms with Crippen LogP contribution < -0.4 is 4.74 Å². The number of ketones is 1. The second-order valence-corrected chi connectivity index (χ2v) is 6.21. The van der Waals surface area contributed by atoms with Crippen LogP contribution >= 0.6 is 11.8 Å². The first-order valence-electron chi connectivity index (χ1n) is 6.89. The van der Waals surface area contributed by atoms with Gasteiger partial charge in [-0.3, -0.25) is 4.79 Å². The van der Waals surface area contributed by atoms with Crippen molar-refractivity contribution < 1.29 is 9.53 Å². The van der Waals surface area contributed by atoms with E-state index >= 15 is 0 Å². The van der Waals surface area contributed by atoms with Gasteiger partial charge in [0.1, 0.15) is 5.75 Å². The van der Waals surface area contributed by atoms with Crippen molar-refractivity contribution in [3.8, 4) is 5.75 Å². The van der Waals surface area contributed by atoms with E-state index in [0.717, 1.165) is 27.3 Å². The Bertz CT molecular complexity index is 662. The molecular weight excluding hydrogens is 280 g/mol. The van der Waals surface area contributed by atoms with Crippen molar-refractivity contribution in [2.24, 2.45) is 0 Å². The monoisotopic (exact) mass is 300 g/mol. The molecule has 0 radical (unpaired) electrons. The zero-order valence-electron chi connectivity index (χ0n) is 12.9. The summed E-state index contributed by atoms with van der Waals surface area (Å²) in [6.45, 7) is 5.97. The lowest BCUT2D eigenvalue weighted by Gasteiger charge is -2.10. The van der Waals surface area contributed by atoms with Gasteiger partial charge < -0.3 is 4.74 Å². The molecule has 2 aromatic rings. The molecule has 0 heterocycles. The highest BCUT2D eigenvalue weighted by atomic mass is 32.2. The fraction of sp³-hybridized carbons (Fsp3) is 0.278. The molecule has 0 saturated heterocycles. The van der Waals surface area contributed by atoms with E-state index in [1.165, 1.54) is 5.56 Å². The van der Waals surface area contributed by atoms with Gasteiger partial charge in [-0.2, -0.15) is 0 Å². The van der Waals surface area contributed by atoms with E-state index in [4.69, 9.17) is 4.74 Å². The summed E-state index contributed by atoms with van der Waals surface area (Å²) in [5.74, 6) is 1.44. The summed E-state index contributed by atoms with van der Waals surface area (Å²) in [4.78, 5) is 13.5. The van der Waals surface area contributed by atoms with E-state index in [-0.39, 0.29) is 5.78 Å². The third-order valence-electron chi connectivity index (χ3n) is 3.40. The Morgan fingerprint density at radius 1 is 1.10 bits per heavy atom. The molecule has 0 amide bonds. The zero-order valence-corrected chi connectivity index (χ0v) is 13.7. The Morgan fingerprint density at radius 2 is 1.86 bits per heavy atom. The van der Waals surface area contributed by atoms with Gasteiger partial charge >= 0.3 is 0 Å². The van der Waals surface area contributed by atoms with Crippen LogP contribution in [0.3, 0.4) is 0 Å². The van der Waals surface area contributed by atoms with Gasteiger partial charge in [-0.05, 0) is 56.2 Å². The molecule has 3 heteroatoms. The summed E-state index contributed by atoms with van der Waals surface area (Å²) in [6, 6.07) is 12.1. The Kier molecular flexibility index (Phi) is 5.07. The number of rotatable bonds is 5. The first-order chi connectivity index (χ1) is 10.0. The standard InChI is InChI=1S/C18H20O2S/c1-12-6-5-7-15(8-12)21-11-17(19)16-9-14(3)18(20-4)10-13(16)2/h5-10H,11H2,1-4H3. The van der Waals surface area contributed by atoms with Gasteiger partial charge in [0.25, 0.3) is 0 Å². The summed E-state index contributed by atoms with van der Waals surface area (Å²) < 4.78 is 5.29. The van der Waals surface area contributed by atoms with Gasteiger partial charge in [0.2, 0.25) is 0 Å². The predicted octanol–water partition coefficient (Wildman–Crippen LogP) is 4.60. The van der Waals surface area contributed by atoms with Crippen molar-refractivity contribution in [2.45, 2.75) is 25.7 Å². The largest absolute Gasteiger partial charge is 0.496 e. The Labute approximate surface area is 130 Å². The molecule has 0 spiro atoms. The van der Waals surface area contributed by atoms with Gasteiger partial charge in [0, 0.05) is 10.5 Å². The average molecular weight is 300 g/mol. The number of carbonyl (C=O) groups excluding carboxylic acids is 1. The summed E-state index contributed by atoms with van der Waals surface area (Å²) in [7, 11) is 1.65. The summed E-state index contributed by atoms with van der Waals surface area (Å²) in [5.41, 5.74) is 3.96. The minimum atomic E-state index is 0.157. The molecule has 0 aliphatic carbocycles. The van der Waals surface area contributed by atoms with Gasteiger partial charge in [-0.1, -0.05) is 17.7 Å². The highest BCUT2D eigenvalue weighted by Gasteiger charge is 2.12. The fourth-order valence-corrected chi connectivity index (χ4v) is 3.14. The maximum absolute atomic E-state index is 12.4. The van der Waals surface area contributed by atoms with Crippen LogP contribution in [0.15, 0.2) is 41.3 Å². The molecule has 2 rings (SSSR count). The minimum absolute atomic E-state index is 0.157. The van der Waals surface area contributed by atoms with Crippen LogP contribution in [0.5, 0.6) is 5.75 Å². The highest BCUT2D eigenvalue weighted by molar-refractivity contribution is 8.00. The number of hydrogen-bond acceptors (Lipinski definition) is 3. The van der Waals surface area contributed by atoms with Crippen LogP contribution in [0.1, 0.15) is 27.0 Å². The number of aryl methyl sites for hydroxylation is 3. The van der Waals surface area contributed by atoms with Crippen molar-refractivity contribution >= 4 is 17.5 Å². The van der Waals surface area contributed by atoms with E-state index in [2.05, 4.69) is 19.1 Å². The lowest BCUT2D eigenvalue weighted by atomic mass is 10.0. The average Bonchev–Trinajstić information content (AvgIpc) is 2.46. The van der Waals surface area contributed by atoms with Crippen LogP contribution in [0.4, 0.5) is 0 Å². The molecular formula is C18H20O2S. The van der Waals surface area contributed by atoms with Crippen LogP contribution in [-0.4, -0.2) is 18.6 Å². The minimum Gasteiger partial charge on any atom is -0.496 e. The van der Waals surface area contributed by atoms with E-state index in [1.54, 1.807) is 18.9 Å². The van der Waals surface area contributed by atoms with E-state index in [0.29, 0.717) is 5.75 Å². The number of methoxy groups -OCH3 is 1. The number of carbonyl (C=O) groups is 1. The quantitative estimate of drug-likeness (QED) is 0.596. The SMILES string of the molecule is COc1cc(C)c(C(=O)CSc2cccc(C)c2)cc1C.